The lowest BCUT2D eigenvalue weighted by molar-refractivity contribution is 0.440. The fraction of sp³-hybridized carbons (Fsp3) is 0.818. The van der Waals surface area contributed by atoms with Gasteiger partial charge in [0.1, 0.15) is 0 Å². The normalized spacial score (nSPS) is 33.8. The zero-order chi connectivity index (χ0) is 10.9. The molecule has 0 aliphatic heterocycles. The summed E-state index contributed by atoms with van der Waals surface area (Å²) in [6.45, 7) is 2.52. The quantitative estimate of drug-likeness (QED) is 0.727. The molecule has 1 saturated carbocycles. The number of hydrogen-bond donors (Lipinski definition) is 1. The molecule has 15 heavy (non-hydrogen) atoms. The van der Waals surface area contributed by atoms with Crippen molar-refractivity contribution in [3.8, 4) is 0 Å². The molecule has 0 amide bonds. The summed E-state index contributed by atoms with van der Waals surface area (Å²) in [5.41, 5.74) is 0. The van der Waals surface area contributed by atoms with Gasteiger partial charge in [0.15, 0.2) is 0 Å². The minimum atomic E-state index is -3.01. The van der Waals surface area contributed by atoms with Crippen molar-refractivity contribution in [2.75, 3.05) is 12.3 Å². The van der Waals surface area contributed by atoms with Crippen LogP contribution in [-0.4, -0.2) is 20.7 Å². The van der Waals surface area contributed by atoms with E-state index in [1.54, 1.807) is 0 Å². The third-order valence-corrected chi connectivity index (χ3v) is 5.01. The van der Waals surface area contributed by atoms with Crippen LogP contribution in [-0.2, 0) is 10.0 Å². The van der Waals surface area contributed by atoms with Crippen LogP contribution in [0.4, 0.5) is 0 Å². The predicted octanol–water partition coefficient (Wildman–Crippen LogP) is 1.53. The summed E-state index contributed by atoms with van der Waals surface area (Å²) >= 11 is 0. The van der Waals surface area contributed by atoms with Gasteiger partial charge in [-0.05, 0) is 37.0 Å². The number of fused-ring (bicyclic) bond motifs is 2. The molecule has 0 unspecified atom stereocenters. The topological polar surface area (TPSA) is 46.2 Å². The predicted molar refractivity (Wildman–Crippen MR) is 60.9 cm³/mol. The lowest BCUT2D eigenvalue weighted by Gasteiger charge is -2.18. The highest BCUT2D eigenvalue weighted by Crippen LogP contribution is 2.42. The van der Waals surface area contributed by atoms with E-state index >= 15 is 0 Å². The maximum absolute atomic E-state index is 11.5. The fourth-order valence-corrected chi connectivity index (χ4v) is 3.85. The van der Waals surface area contributed by atoms with E-state index in [0.29, 0.717) is 24.8 Å². The molecule has 2 rings (SSSR count). The van der Waals surface area contributed by atoms with E-state index in [1.165, 1.54) is 6.42 Å². The third-order valence-electron chi connectivity index (χ3n) is 3.45. The Labute approximate surface area is 92.0 Å². The minimum absolute atomic E-state index is 0.254. The molecule has 2 aliphatic rings. The number of nitrogens with one attached hydrogen (secondary N) is 1. The summed E-state index contributed by atoms with van der Waals surface area (Å²) in [4.78, 5) is 0. The zero-order valence-corrected chi connectivity index (χ0v) is 9.96. The van der Waals surface area contributed by atoms with Crippen molar-refractivity contribution in [3.05, 3.63) is 12.2 Å². The molecule has 0 saturated heterocycles. The molecule has 0 aromatic rings. The molecular weight excluding hydrogens is 210 g/mol. The van der Waals surface area contributed by atoms with Crippen molar-refractivity contribution in [1.29, 1.82) is 0 Å². The second-order valence-corrected chi connectivity index (χ2v) is 6.63. The molecule has 2 bridgehead atoms. The van der Waals surface area contributed by atoms with Crippen LogP contribution in [0.5, 0.6) is 0 Å². The van der Waals surface area contributed by atoms with E-state index in [4.69, 9.17) is 0 Å². The summed E-state index contributed by atoms with van der Waals surface area (Å²) in [5, 5.41) is 0. The minimum Gasteiger partial charge on any atom is -0.215 e. The molecule has 0 aromatic heterocycles. The van der Waals surface area contributed by atoms with Gasteiger partial charge in [-0.25, -0.2) is 13.1 Å². The molecule has 86 valence electrons. The number of sulfonamides is 1. The van der Waals surface area contributed by atoms with Gasteiger partial charge < -0.3 is 0 Å². The van der Waals surface area contributed by atoms with Crippen LogP contribution in [0.2, 0.25) is 0 Å². The van der Waals surface area contributed by atoms with E-state index in [-0.39, 0.29) is 5.75 Å². The smallest absolute Gasteiger partial charge is 0.211 e. The van der Waals surface area contributed by atoms with E-state index < -0.39 is 10.0 Å². The van der Waals surface area contributed by atoms with E-state index in [0.717, 1.165) is 12.3 Å². The molecule has 4 heteroatoms. The van der Waals surface area contributed by atoms with Crippen molar-refractivity contribution in [2.45, 2.75) is 26.2 Å². The maximum Gasteiger partial charge on any atom is 0.211 e. The average molecular weight is 229 g/mol. The Bertz CT molecular complexity index is 348. The van der Waals surface area contributed by atoms with E-state index in [1.807, 2.05) is 6.92 Å². The molecule has 3 atom stereocenters. The van der Waals surface area contributed by atoms with Crippen molar-refractivity contribution in [2.24, 2.45) is 17.8 Å². The Morgan fingerprint density at radius 1 is 1.33 bits per heavy atom. The first-order chi connectivity index (χ1) is 7.11. The van der Waals surface area contributed by atoms with E-state index in [2.05, 4.69) is 16.9 Å². The summed E-state index contributed by atoms with van der Waals surface area (Å²) in [7, 11) is -3.01. The van der Waals surface area contributed by atoms with Crippen LogP contribution >= 0.6 is 0 Å². The Hall–Kier alpha value is -0.350. The standard InChI is InChI=1S/C11H19NO2S/c1-2-5-15(13,14)12-8-11-7-9-3-4-10(11)6-9/h3-4,9-12H,2,5-8H2,1H3/t9-,10-,11+/m0/s1. The van der Waals surface area contributed by atoms with Crippen molar-refractivity contribution in [1.82, 2.24) is 4.72 Å². The van der Waals surface area contributed by atoms with Gasteiger partial charge in [0.2, 0.25) is 10.0 Å². The SMILES string of the molecule is CCCS(=O)(=O)NC[C@H]1C[C@H]2C=C[C@H]1C2. The van der Waals surface area contributed by atoms with Gasteiger partial charge in [0, 0.05) is 6.54 Å². The van der Waals surface area contributed by atoms with Crippen molar-refractivity contribution < 1.29 is 8.42 Å². The Kier molecular flexibility index (Phi) is 3.16. The van der Waals surface area contributed by atoms with Gasteiger partial charge in [-0.3, -0.25) is 0 Å². The molecule has 0 aromatic carbocycles. The van der Waals surface area contributed by atoms with Gasteiger partial charge in [-0.2, -0.15) is 0 Å². The van der Waals surface area contributed by atoms with E-state index in [9.17, 15) is 8.42 Å². The van der Waals surface area contributed by atoms with Crippen molar-refractivity contribution >= 4 is 10.0 Å². The summed E-state index contributed by atoms with van der Waals surface area (Å²) < 4.78 is 25.7. The monoisotopic (exact) mass is 229 g/mol. The zero-order valence-electron chi connectivity index (χ0n) is 9.15. The Morgan fingerprint density at radius 2 is 2.13 bits per heavy atom. The first kappa shape index (κ1) is 11.1. The molecule has 1 N–H and O–H groups in total. The van der Waals surface area contributed by atoms with Crippen LogP contribution in [0.25, 0.3) is 0 Å². The van der Waals surface area contributed by atoms with Gasteiger partial charge >= 0.3 is 0 Å². The highest BCUT2D eigenvalue weighted by Gasteiger charge is 2.35. The van der Waals surface area contributed by atoms with Crippen LogP contribution < -0.4 is 4.72 Å². The van der Waals surface area contributed by atoms with Gasteiger partial charge in [0.05, 0.1) is 5.75 Å². The van der Waals surface area contributed by atoms with Crippen LogP contribution in [0.3, 0.4) is 0 Å². The molecule has 3 nitrogen and oxygen atoms in total. The van der Waals surface area contributed by atoms with Crippen LogP contribution in [0.1, 0.15) is 26.2 Å². The number of rotatable bonds is 5. The van der Waals surface area contributed by atoms with Crippen LogP contribution in [0, 0.1) is 17.8 Å². The Morgan fingerprint density at radius 3 is 2.67 bits per heavy atom. The molecule has 2 aliphatic carbocycles. The third kappa shape index (κ3) is 2.61. The second kappa shape index (κ2) is 4.26. The van der Waals surface area contributed by atoms with Crippen LogP contribution in [0.15, 0.2) is 12.2 Å². The summed E-state index contributed by atoms with van der Waals surface area (Å²) in [6, 6.07) is 0. The first-order valence-corrected chi connectivity index (χ1v) is 7.41. The fourth-order valence-electron chi connectivity index (χ4n) is 2.70. The van der Waals surface area contributed by atoms with Gasteiger partial charge in [-0.1, -0.05) is 19.1 Å². The van der Waals surface area contributed by atoms with Gasteiger partial charge in [0.25, 0.3) is 0 Å². The average Bonchev–Trinajstić information content (AvgIpc) is 2.75. The molecule has 0 spiro atoms. The number of allylic oxidation sites excluding steroid dienone is 2. The highest BCUT2D eigenvalue weighted by atomic mass is 32.2. The maximum atomic E-state index is 11.5. The molecule has 0 radical (unpaired) electrons. The second-order valence-electron chi connectivity index (χ2n) is 4.71. The lowest BCUT2D eigenvalue weighted by Crippen LogP contribution is -2.32. The molecular formula is C11H19NO2S. The largest absolute Gasteiger partial charge is 0.215 e. The summed E-state index contributed by atoms with van der Waals surface area (Å²) in [5.74, 6) is 2.13. The lowest BCUT2D eigenvalue weighted by atomic mass is 9.94. The molecule has 1 fully saturated rings. The molecule has 0 heterocycles. The van der Waals surface area contributed by atoms with Crippen molar-refractivity contribution in [3.63, 3.8) is 0 Å². The van der Waals surface area contributed by atoms with Gasteiger partial charge in [-0.15, -0.1) is 0 Å². The highest BCUT2D eigenvalue weighted by molar-refractivity contribution is 7.89. The Balaban J connectivity index is 1.82. The number of hydrogen-bond acceptors (Lipinski definition) is 2. The summed E-state index contributed by atoms with van der Waals surface area (Å²) in [6.07, 6.45) is 7.62. The first-order valence-electron chi connectivity index (χ1n) is 5.76.